The first-order chi connectivity index (χ1) is 8.72. The Morgan fingerprint density at radius 1 is 1.44 bits per heavy atom. The number of aryl methyl sites for hydroxylation is 1. The molecule has 102 valence electrons. The van der Waals surface area contributed by atoms with Gasteiger partial charge in [-0.25, -0.2) is 0 Å². The van der Waals surface area contributed by atoms with E-state index in [0.717, 1.165) is 39.1 Å². The number of rotatable bonds is 5. The van der Waals surface area contributed by atoms with E-state index in [9.17, 15) is 0 Å². The van der Waals surface area contributed by atoms with Crippen molar-refractivity contribution in [1.82, 2.24) is 19.6 Å². The number of aliphatic hydroxyl groups is 1. The molecule has 1 saturated heterocycles. The molecule has 1 fully saturated rings. The van der Waals surface area contributed by atoms with Gasteiger partial charge in [-0.2, -0.15) is 5.10 Å². The number of hydrogen-bond acceptors (Lipinski definition) is 4. The molecule has 1 aliphatic rings. The molecule has 1 aromatic heterocycles. The first-order valence-corrected chi connectivity index (χ1v) is 6.77. The Bertz CT molecular complexity index is 366. The van der Waals surface area contributed by atoms with E-state index in [4.69, 9.17) is 5.11 Å². The predicted molar refractivity (Wildman–Crippen MR) is 71.3 cm³/mol. The van der Waals surface area contributed by atoms with E-state index < -0.39 is 0 Å². The van der Waals surface area contributed by atoms with Gasteiger partial charge in [0.2, 0.25) is 0 Å². The van der Waals surface area contributed by atoms with Crippen LogP contribution in [0.4, 0.5) is 0 Å². The van der Waals surface area contributed by atoms with Crippen LogP contribution >= 0.6 is 0 Å². The maximum absolute atomic E-state index is 9.09. The zero-order valence-corrected chi connectivity index (χ0v) is 11.4. The molecule has 5 nitrogen and oxygen atoms in total. The smallest absolute Gasteiger partial charge is 0.0534 e. The molecule has 0 saturated carbocycles. The van der Waals surface area contributed by atoms with Crippen molar-refractivity contribution >= 4 is 0 Å². The zero-order valence-electron chi connectivity index (χ0n) is 11.4. The summed E-state index contributed by atoms with van der Waals surface area (Å²) < 4.78 is 1.97. The van der Waals surface area contributed by atoms with Crippen LogP contribution in [0.15, 0.2) is 12.4 Å². The summed E-state index contributed by atoms with van der Waals surface area (Å²) in [5.41, 5.74) is 1.28. The lowest BCUT2D eigenvalue weighted by molar-refractivity contribution is 0.0743. The van der Waals surface area contributed by atoms with Crippen LogP contribution in [0, 0.1) is 0 Å². The lowest BCUT2D eigenvalue weighted by Crippen LogP contribution is -2.51. The first kappa shape index (κ1) is 13.5. The zero-order chi connectivity index (χ0) is 13.0. The van der Waals surface area contributed by atoms with Crippen LogP contribution in [-0.2, 0) is 13.1 Å². The Kier molecular flexibility index (Phi) is 4.74. The molecule has 0 aliphatic carbocycles. The van der Waals surface area contributed by atoms with Crippen molar-refractivity contribution in [3.63, 3.8) is 0 Å². The van der Waals surface area contributed by atoms with Crippen molar-refractivity contribution in [3.8, 4) is 0 Å². The number of piperazine rings is 1. The van der Waals surface area contributed by atoms with Crippen molar-refractivity contribution in [3.05, 3.63) is 18.0 Å². The first-order valence-electron chi connectivity index (χ1n) is 6.77. The highest BCUT2D eigenvalue weighted by atomic mass is 16.3. The molecule has 0 aromatic carbocycles. The fourth-order valence-corrected chi connectivity index (χ4v) is 2.53. The number of hydrogen-bond donors (Lipinski definition) is 1. The average molecular weight is 252 g/mol. The SMILES string of the molecule is CCn1cc(CN2CCN(C)[C@@H](CCO)C2)cn1. The lowest BCUT2D eigenvalue weighted by atomic mass is 10.1. The quantitative estimate of drug-likeness (QED) is 0.824. The van der Waals surface area contributed by atoms with E-state index in [1.54, 1.807) is 0 Å². The number of nitrogens with zero attached hydrogens (tertiary/aromatic N) is 4. The van der Waals surface area contributed by atoms with Gasteiger partial charge in [-0.3, -0.25) is 9.58 Å². The maximum Gasteiger partial charge on any atom is 0.0534 e. The minimum Gasteiger partial charge on any atom is -0.396 e. The van der Waals surface area contributed by atoms with Crippen LogP contribution in [0.1, 0.15) is 18.9 Å². The Labute approximate surface area is 109 Å². The summed E-state index contributed by atoms with van der Waals surface area (Å²) in [7, 11) is 2.15. The minimum atomic E-state index is 0.274. The topological polar surface area (TPSA) is 44.5 Å². The second-order valence-corrected chi connectivity index (χ2v) is 5.09. The van der Waals surface area contributed by atoms with Crippen molar-refractivity contribution in [2.75, 3.05) is 33.3 Å². The number of aliphatic hydroxyl groups excluding tert-OH is 1. The van der Waals surface area contributed by atoms with Crippen LogP contribution in [0.5, 0.6) is 0 Å². The van der Waals surface area contributed by atoms with E-state index in [1.807, 2.05) is 10.9 Å². The molecule has 1 atom stereocenters. The number of likely N-dealkylation sites (N-methyl/N-ethyl adjacent to an activating group) is 1. The van der Waals surface area contributed by atoms with E-state index in [2.05, 4.69) is 35.1 Å². The molecule has 5 heteroatoms. The summed E-state index contributed by atoms with van der Waals surface area (Å²) >= 11 is 0. The van der Waals surface area contributed by atoms with Gasteiger partial charge in [0.15, 0.2) is 0 Å². The van der Waals surface area contributed by atoms with Crippen LogP contribution in [-0.4, -0.2) is 64.0 Å². The monoisotopic (exact) mass is 252 g/mol. The third kappa shape index (κ3) is 3.31. The molecule has 18 heavy (non-hydrogen) atoms. The molecular formula is C13H24N4O. The molecule has 1 aromatic rings. The van der Waals surface area contributed by atoms with E-state index in [-0.39, 0.29) is 6.61 Å². The van der Waals surface area contributed by atoms with Crippen LogP contribution < -0.4 is 0 Å². The number of aromatic nitrogens is 2. The van der Waals surface area contributed by atoms with Gasteiger partial charge in [0.25, 0.3) is 0 Å². The maximum atomic E-state index is 9.09. The molecule has 2 rings (SSSR count). The van der Waals surface area contributed by atoms with Crippen molar-refractivity contribution < 1.29 is 5.11 Å². The average Bonchev–Trinajstić information content (AvgIpc) is 2.81. The predicted octanol–water partition coefficient (Wildman–Crippen LogP) is 0.401. The highest BCUT2D eigenvalue weighted by Crippen LogP contribution is 2.13. The highest BCUT2D eigenvalue weighted by molar-refractivity contribution is 5.04. The lowest BCUT2D eigenvalue weighted by Gasteiger charge is -2.39. The second kappa shape index (κ2) is 6.31. The van der Waals surface area contributed by atoms with Crippen molar-refractivity contribution in [2.45, 2.75) is 32.5 Å². The molecule has 0 spiro atoms. The summed E-state index contributed by atoms with van der Waals surface area (Å²) in [4.78, 5) is 4.81. The van der Waals surface area contributed by atoms with Crippen LogP contribution in [0.25, 0.3) is 0 Å². The minimum absolute atomic E-state index is 0.274. The molecule has 0 unspecified atom stereocenters. The summed E-state index contributed by atoms with van der Waals surface area (Å²) in [5.74, 6) is 0. The van der Waals surface area contributed by atoms with Gasteiger partial charge < -0.3 is 10.0 Å². The second-order valence-electron chi connectivity index (χ2n) is 5.09. The van der Waals surface area contributed by atoms with E-state index in [1.165, 1.54) is 5.56 Å². The fraction of sp³-hybridized carbons (Fsp3) is 0.769. The van der Waals surface area contributed by atoms with Gasteiger partial charge in [-0.1, -0.05) is 0 Å². The summed E-state index contributed by atoms with van der Waals surface area (Å²) in [6, 6.07) is 0.477. The molecule has 1 N–H and O–H groups in total. The highest BCUT2D eigenvalue weighted by Gasteiger charge is 2.23. The normalized spacial score (nSPS) is 22.5. The molecule has 2 heterocycles. The largest absolute Gasteiger partial charge is 0.396 e. The Morgan fingerprint density at radius 3 is 2.94 bits per heavy atom. The molecular weight excluding hydrogens is 228 g/mol. The fourth-order valence-electron chi connectivity index (χ4n) is 2.53. The molecule has 0 radical (unpaired) electrons. The summed E-state index contributed by atoms with van der Waals surface area (Å²) in [6.45, 7) is 7.48. The van der Waals surface area contributed by atoms with Crippen molar-refractivity contribution in [2.24, 2.45) is 0 Å². The van der Waals surface area contributed by atoms with Gasteiger partial charge in [0.05, 0.1) is 6.20 Å². The Morgan fingerprint density at radius 2 is 2.28 bits per heavy atom. The summed E-state index contributed by atoms with van der Waals surface area (Å²) in [6.07, 6.45) is 4.95. The van der Waals surface area contributed by atoms with Crippen LogP contribution in [0.2, 0.25) is 0 Å². The molecule has 1 aliphatic heterocycles. The summed E-state index contributed by atoms with van der Waals surface area (Å²) in [5, 5.41) is 13.4. The van der Waals surface area contributed by atoms with Crippen molar-refractivity contribution in [1.29, 1.82) is 0 Å². The van der Waals surface area contributed by atoms with Crippen LogP contribution in [0.3, 0.4) is 0 Å². The van der Waals surface area contributed by atoms with E-state index in [0.29, 0.717) is 6.04 Å². The van der Waals surface area contributed by atoms with E-state index >= 15 is 0 Å². The van der Waals surface area contributed by atoms with Gasteiger partial charge in [-0.15, -0.1) is 0 Å². The van der Waals surface area contributed by atoms with Gasteiger partial charge in [-0.05, 0) is 20.4 Å². The molecule has 0 bridgehead atoms. The van der Waals surface area contributed by atoms with Gasteiger partial charge >= 0.3 is 0 Å². The van der Waals surface area contributed by atoms with Gasteiger partial charge in [0.1, 0.15) is 0 Å². The van der Waals surface area contributed by atoms with Gasteiger partial charge in [0, 0.05) is 57.1 Å². The molecule has 0 amide bonds. The third-order valence-electron chi connectivity index (χ3n) is 3.74. The standard InChI is InChI=1S/C13H24N4O/c1-3-17-10-12(8-14-17)9-16-6-5-15(2)13(11-16)4-7-18/h8,10,13,18H,3-7,9,11H2,1-2H3/t13-/m0/s1. The Balaban J connectivity index is 1.89. The Hall–Kier alpha value is -0.910. The third-order valence-corrected chi connectivity index (χ3v) is 3.74.